The maximum atomic E-state index is 6.02. The van der Waals surface area contributed by atoms with Crippen LogP contribution in [0.3, 0.4) is 0 Å². The summed E-state index contributed by atoms with van der Waals surface area (Å²) >= 11 is 5.69. The van der Waals surface area contributed by atoms with Gasteiger partial charge in [0.1, 0.15) is 0 Å². The van der Waals surface area contributed by atoms with E-state index in [-0.39, 0.29) is 0 Å². The number of halogens is 1. The second-order valence-corrected chi connectivity index (χ2v) is 9.07. The second-order valence-electron chi connectivity index (χ2n) is 4.30. The molecule has 0 rings (SSSR count). The normalized spacial score (nSPS) is 16.2. The Morgan fingerprint density at radius 2 is 2.00 bits per heavy atom. The van der Waals surface area contributed by atoms with Gasteiger partial charge in [-0.15, -0.1) is 11.6 Å². The van der Waals surface area contributed by atoms with Gasteiger partial charge in [-0.25, -0.2) is 0 Å². The summed E-state index contributed by atoms with van der Waals surface area (Å²) in [6, 6.07) is 2.41. The average Bonchev–Trinajstić information content (AvgIpc) is 2.11. The molecule has 1 nitrogen and oxygen atoms in total. The SMILES string of the molecule is CC[Si](C)(CCCCl)OCC(C)C. The first-order valence-corrected chi connectivity index (χ1v) is 8.59. The van der Waals surface area contributed by atoms with E-state index in [0.29, 0.717) is 5.92 Å². The molecule has 1 atom stereocenters. The molecule has 0 radical (unpaired) electrons. The maximum absolute atomic E-state index is 6.02. The fourth-order valence-electron chi connectivity index (χ4n) is 1.16. The van der Waals surface area contributed by atoms with Gasteiger partial charge in [0, 0.05) is 12.5 Å². The third-order valence-corrected chi connectivity index (χ3v) is 6.39. The summed E-state index contributed by atoms with van der Waals surface area (Å²) in [5.74, 6) is 1.42. The van der Waals surface area contributed by atoms with Crippen LogP contribution in [0.25, 0.3) is 0 Å². The molecule has 0 spiro atoms. The topological polar surface area (TPSA) is 9.23 Å². The molecule has 0 N–H and O–H groups in total. The molecule has 0 aromatic heterocycles. The second kappa shape index (κ2) is 6.85. The van der Waals surface area contributed by atoms with Crippen molar-refractivity contribution < 1.29 is 4.43 Å². The lowest BCUT2D eigenvalue weighted by atomic mass is 10.2. The first-order chi connectivity index (χ1) is 6.04. The molecule has 0 fully saturated rings. The summed E-state index contributed by atoms with van der Waals surface area (Å²) < 4.78 is 6.02. The first kappa shape index (κ1) is 13.5. The molecule has 0 bridgehead atoms. The average molecular weight is 223 g/mol. The van der Waals surface area contributed by atoms with Crippen LogP contribution in [0.2, 0.25) is 18.6 Å². The minimum Gasteiger partial charge on any atom is -0.417 e. The van der Waals surface area contributed by atoms with Gasteiger partial charge in [0.15, 0.2) is 8.32 Å². The molecule has 0 aromatic rings. The van der Waals surface area contributed by atoms with Gasteiger partial charge in [0.05, 0.1) is 0 Å². The van der Waals surface area contributed by atoms with E-state index in [4.69, 9.17) is 16.0 Å². The largest absolute Gasteiger partial charge is 0.417 e. The highest BCUT2D eigenvalue weighted by Gasteiger charge is 2.26. The summed E-state index contributed by atoms with van der Waals surface area (Å²) in [5, 5.41) is 0. The molecular formula is C10H23ClOSi. The molecule has 0 aliphatic carbocycles. The zero-order chi connectivity index (χ0) is 10.3. The molecule has 80 valence electrons. The monoisotopic (exact) mass is 222 g/mol. The van der Waals surface area contributed by atoms with Gasteiger partial charge >= 0.3 is 0 Å². The van der Waals surface area contributed by atoms with Gasteiger partial charge in [-0.1, -0.05) is 20.8 Å². The van der Waals surface area contributed by atoms with Crippen molar-refractivity contribution in [3.05, 3.63) is 0 Å². The van der Waals surface area contributed by atoms with Crippen molar-refractivity contribution >= 4 is 19.9 Å². The highest BCUT2D eigenvalue weighted by atomic mass is 35.5. The Morgan fingerprint density at radius 3 is 2.38 bits per heavy atom. The minimum absolute atomic E-state index is 0.648. The quantitative estimate of drug-likeness (QED) is 0.469. The number of hydrogen-bond acceptors (Lipinski definition) is 1. The van der Waals surface area contributed by atoms with Crippen LogP contribution in [0.5, 0.6) is 0 Å². The van der Waals surface area contributed by atoms with Crippen LogP contribution in [0.4, 0.5) is 0 Å². The lowest BCUT2D eigenvalue weighted by Gasteiger charge is -2.26. The van der Waals surface area contributed by atoms with E-state index in [1.54, 1.807) is 0 Å². The van der Waals surface area contributed by atoms with Crippen molar-refractivity contribution in [1.82, 2.24) is 0 Å². The maximum Gasteiger partial charge on any atom is 0.189 e. The molecule has 0 saturated heterocycles. The van der Waals surface area contributed by atoms with Crippen molar-refractivity contribution in [3.63, 3.8) is 0 Å². The van der Waals surface area contributed by atoms with Gasteiger partial charge in [0.25, 0.3) is 0 Å². The third-order valence-electron chi connectivity index (χ3n) is 2.35. The van der Waals surface area contributed by atoms with Gasteiger partial charge in [-0.05, 0) is 31.0 Å². The lowest BCUT2D eigenvalue weighted by molar-refractivity contribution is 0.257. The summed E-state index contributed by atoms with van der Waals surface area (Å²) in [4.78, 5) is 0. The van der Waals surface area contributed by atoms with Crippen LogP contribution in [0, 0.1) is 5.92 Å². The van der Waals surface area contributed by atoms with E-state index >= 15 is 0 Å². The molecule has 0 heterocycles. The Bertz CT molecular complexity index is 130. The predicted molar refractivity (Wildman–Crippen MR) is 63.0 cm³/mol. The highest BCUT2D eigenvalue weighted by Crippen LogP contribution is 2.20. The Kier molecular flexibility index (Phi) is 7.10. The number of rotatable bonds is 7. The van der Waals surface area contributed by atoms with Crippen LogP contribution >= 0.6 is 11.6 Å². The van der Waals surface area contributed by atoms with Crippen molar-refractivity contribution in [2.75, 3.05) is 12.5 Å². The smallest absolute Gasteiger partial charge is 0.189 e. The van der Waals surface area contributed by atoms with Crippen LogP contribution in [-0.4, -0.2) is 20.8 Å². The fraction of sp³-hybridized carbons (Fsp3) is 1.00. The van der Waals surface area contributed by atoms with Crippen molar-refractivity contribution in [2.45, 2.75) is 45.8 Å². The molecular weight excluding hydrogens is 200 g/mol. The predicted octanol–water partition coefficient (Wildman–Crippen LogP) is 3.88. The summed E-state index contributed by atoms with van der Waals surface area (Å²) in [6.07, 6.45) is 1.11. The van der Waals surface area contributed by atoms with Crippen molar-refractivity contribution in [2.24, 2.45) is 5.92 Å². The molecule has 0 aliphatic rings. The van der Waals surface area contributed by atoms with E-state index in [0.717, 1.165) is 18.9 Å². The molecule has 0 aromatic carbocycles. The first-order valence-electron chi connectivity index (χ1n) is 5.24. The van der Waals surface area contributed by atoms with Crippen LogP contribution in [-0.2, 0) is 4.43 Å². The van der Waals surface area contributed by atoms with E-state index in [1.165, 1.54) is 12.1 Å². The third kappa shape index (κ3) is 6.53. The van der Waals surface area contributed by atoms with Gasteiger partial charge in [-0.2, -0.15) is 0 Å². The Morgan fingerprint density at radius 1 is 1.38 bits per heavy atom. The van der Waals surface area contributed by atoms with Crippen molar-refractivity contribution in [3.8, 4) is 0 Å². The molecule has 0 saturated carbocycles. The highest BCUT2D eigenvalue weighted by molar-refractivity contribution is 6.72. The van der Waals surface area contributed by atoms with E-state index < -0.39 is 8.32 Å². The van der Waals surface area contributed by atoms with Crippen LogP contribution in [0.1, 0.15) is 27.2 Å². The molecule has 0 aliphatic heterocycles. The molecule has 3 heteroatoms. The zero-order valence-corrected chi connectivity index (χ0v) is 11.2. The van der Waals surface area contributed by atoms with Crippen molar-refractivity contribution in [1.29, 1.82) is 0 Å². The molecule has 1 unspecified atom stereocenters. The minimum atomic E-state index is -1.39. The number of alkyl halides is 1. The Balaban J connectivity index is 3.81. The summed E-state index contributed by atoms with van der Waals surface area (Å²) in [6.45, 7) is 9.87. The van der Waals surface area contributed by atoms with Gasteiger partial charge < -0.3 is 4.43 Å². The summed E-state index contributed by atoms with van der Waals surface area (Å²) in [5.41, 5.74) is 0. The molecule has 13 heavy (non-hydrogen) atoms. The van der Waals surface area contributed by atoms with Gasteiger partial charge in [0.2, 0.25) is 0 Å². The molecule has 0 amide bonds. The Labute approximate surface area is 88.9 Å². The van der Waals surface area contributed by atoms with E-state index in [2.05, 4.69) is 27.3 Å². The summed E-state index contributed by atoms with van der Waals surface area (Å²) in [7, 11) is -1.39. The standard InChI is InChI=1S/C10H23ClOSi/c1-5-13(4,8-6-7-11)12-9-10(2)3/h10H,5-9H2,1-4H3. The lowest BCUT2D eigenvalue weighted by Crippen LogP contribution is -2.34. The van der Waals surface area contributed by atoms with Crippen LogP contribution < -0.4 is 0 Å². The fourth-order valence-corrected chi connectivity index (χ4v) is 3.88. The van der Waals surface area contributed by atoms with Gasteiger partial charge in [-0.3, -0.25) is 0 Å². The number of hydrogen-bond donors (Lipinski definition) is 0. The van der Waals surface area contributed by atoms with E-state index in [1.807, 2.05) is 0 Å². The Hall–Kier alpha value is 0.467. The zero-order valence-electron chi connectivity index (χ0n) is 9.40. The van der Waals surface area contributed by atoms with Crippen LogP contribution in [0.15, 0.2) is 0 Å². The van der Waals surface area contributed by atoms with E-state index in [9.17, 15) is 0 Å².